The van der Waals surface area contributed by atoms with Gasteiger partial charge in [0.15, 0.2) is 0 Å². The lowest BCUT2D eigenvalue weighted by atomic mass is 9.92. The Balaban J connectivity index is 2.89. The first-order valence-corrected chi connectivity index (χ1v) is 22.7. The van der Waals surface area contributed by atoms with E-state index in [0.29, 0.717) is 65.0 Å². The molecular formula is C46H79N7O13. The first-order valence-electron chi connectivity index (χ1n) is 22.7. The number of hydrogen-bond acceptors (Lipinski definition) is 13. The Labute approximate surface area is 391 Å². The number of ether oxygens (including phenoxy) is 6. The molecule has 0 saturated heterocycles. The van der Waals surface area contributed by atoms with E-state index in [4.69, 9.17) is 28.4 Å². The number of benzene rings is 1. The summed E-state index contributed by atoms with van der Waals surface area (Å²) >= 11 is 0. The van der Waals surface area contributed by atoms with Crippen LogP contribution in [0.25, 0.3) is 0 Å². The molecular weight excluding hydrogens is 859 g/mol. The quantitative estimate of drug-likeness (QED) is 0.0411. The molecule has 0 spiro atoms. The van der Waals surface area contributed by atoms with Gasteiger partial charge in [0.2, 0.25) is 23.6 Å². The third-order valence-corrected chi connectivity index (χ3v) is 8.51. The van der Waals surface area contributed by atoms with E-state index >= 15 is 0 Å². The number of hydrogen-bond donors (Lipinski definition) is 7. The Kier molecular flexibility index (Phi) is 28.2. The molecule has 0 heterocycles. The summed E-state index contributed by atoms with van der Waals surface area (Å²) in [6.45, 7) is 17.7. The third kappa shape index (κ3) is 34.2. The highest BCUT2D eigenvalue weighted by Crippen LogP contribution is 2.18. The number of rotatable bonds is 31. The number of carbonyl (C=O) groups excluding carboxylic acids is 7. The molecule has 0 aromatic heterocycles. The molecule has 0 aliphatic heterocycles. The molecule has 0 atom stereocenters. The second-order valence-corrected chi connectivity index (χ2v) is 18.9. The van der Waals surface area contributed by atoms with E-state index in [-0.39, 0.29) is 94.6 Å². The smallest absolute Gasteiger partial charge is 0.408 e. The summed E-state index contributed by atoms with van der Waals surface area (Å²) in [7, 11) is 0. The Hall–Kier alpha value is -5.21. The molecule has 66 heavy (non-hydrogen) atoms. The van der Waals surface area contributed by atoms with E-state index in [1.54, 1.807) is 53.7 Å². The summed E-state index contributed by atoms with van der Waals surface area (Å²) in [5.41, 5.74) is -2.03. The van der Waals surface area contributed by atoms with Gasteiger partial charge in [0.05, 0.1) is 39.6 Å². The maximum Gasteiger partial charge on any atom is 0.408 e. The second-order valence-electron chi connectivity index (χ2n) is 18.9. The Bertz CT molecular complexity index is 1470. The molecule has 7 N–H and O–H groups in total. The maximum absolute atomic E-state index is 13.3. The van der Waals surface area contributed by atoms with Gasteiger partial charge in [-0.15, -0.1) is 0 Å². The molecule has 0 radical (unpaired) electrons. The highest BCUT2D eigenvalue weighted by atomic mass is 16.6. The predicted molar refractivity (Wildman–Crippen MR) is 247 cm³/mol. The molecule has 0 saturated carbocycles. The van der Waals surface area contributed by atoms with Gasteiger partial charge < -0.3 is 65.6 Å². The summed E-state index contributed by atoms with van der Waals surface area (Å²) in [5, 5.41) is 19.3. The molecule has 0 bridgehead atoms. The molecule has 0 aliphatic carbocycles. The lowest BCUT2D eigenvalue weighted by Gasteiger charge is -2.33. The number of carbonyl (C=O) groups is 7. The number of amides is 7. The SMILES string of the molecule is CC(C)(C)CC(=O)NCCCNC(=O)CCOCC(COCCC(=O)NCCCNC(=O)OC(C)(C)C)(COCCC(=O)NCCCNC(=O)OC(C)(C)C)NC(=O)OCc1ccccc1. The zero-order chi connectivity index (χ0) is 49.5. The van der Waals surface area contributed by atoms with Crippen LogP contribution in [0.15, 0.2) is 30.3 Å². The van der Waals surface area contributed by atoms with Crippen molar-refractivity contribution in [3.63, 3.8) is 0 Å². The van der Waals surface area contributed by atoms with Crippen LogP contribution in [0.2, 0.25) is 0 Å². The average Bonchev–Trinajstić information content (AvgIpc) is 3.20. The van der Waals surface area contributed by atoms with E-state index in [2.05, 4.69) is 37.2 Å². The van der Waals surface area contributed by atoms with Gasteiger partial charge in [-0.2, -0.15) is 0 Å². The number of alkyl carbamates (subject to hydrolysis) is 3. The monoisotopic (exact) mass is 938 g/mol. The van der Waals surface area contributed by atoms with Crippen molar-refractivity contribution in [2.24, 2.45) is 5.41 Å². The lowest BCUT2D eigenvalue weighted by molar-refractivity contribution is -0.123. The minimum Gasteiger partial charge on any atom is -0.445 e. The molecule has 1 aromatic carbocycles. The maximum atomic E-state index is 13.3. The van der Waals surface area contributed by atoms with Crippen LogP contribution in [-0.4, -0.2) is 138 Å². The van der Waals surface area contributed by atoms with Gasteiger partial charge in [-0.3, -0.25) is 19.2 Å². The molecule has 0 aliphatic rings. The van der Waals surface area contributed by atoms with Gasteiger partial charge in [-0.1, -0.05) is 51.1 Å². The van der Waals surface area contributed by atoms with E-state index in [1.807, 2.05) is 39.0 Å². The summed E-state index contributed by atoms with van der Waals surface area (Å²) in [6.07, 6.45) is -0.0787. The Morgan fingerprint density at radius 2 is 0.833 bits per heavy atom. The van der Waals surface area contributed by atoms with Crippen molar-refractivity contribution in [1.29, 1.82) is 0 Å². The second kappa shape index (κ2) is 31.7. The van der Waals surface area contributed by atoms with Gasteiger partial charge in [0.1, 0.15) is 23.3 Å². The van der Waals surface area contributed by atoms with Crippen molar-refractivity contribution in [2.75, 3.05) is 78.9 Å². The zero-order valence-corrected chi connectivity index (χ0v) is 40.8. The molecule has 0 fully saturated rings. The molecule has 20 heteroatoms. The summed E-state index contributed by atoms with van der Waals surface area (Å²) in [5.74, 6) is -0.926. The van der Waals surface area contributed by atoms with Crippen molar-refractivity contribution < 1.29 is 62.0 Å². The zero-order valence-electron chi connectivity index (χ0n) is 40.8. The van der Waals surface area contributed by atoms with E-state index in [0.717, 1.165) is 5.56 Å². The third-order valence-electron chi connectivity index (χ3n) is 8.51. The van der Waals surface area contributed by atoms with Gasteiger partial charge in [0.25, 0.3) is 0 Å². The van der Waals surface area contributed by atoms with Crippen molar-refractivity contribution in [1.82, 2.24) is 37.2 Å². The fraction of sp³-hybridized carbons (Fsp3) is 0.717. The summed E-state index contributed by atoms with van der Waals surface area (Å²) < 4.78 is 33.8. The summed E-state index contributed by atoms with van der Waals surface area (Å²) in [4.78, 5) is 87.0. The van der Waals surface area contributed by atoms with Crippen molar-refractivity contribution in [3.8, 4) is 0 Å². The minimum absolute atomic E-state index is 0.00639. The van der Waals surface area contributed by atoms with Crippen LogP contribution in [-0.2, 0) is 54.2 Å². The van der Waals surface area contributed by atoms with Crippen LogP contribution < -0.4 is 37.2 Å². The Morgan fingerprint density at radius 3 is 1.20 bits per heavy atom. The molecule has 0 unspecified atom stereocenters. The lowest BCUT2D eigenvalue weighted by Crippen LogP contribution is -2.59. The fourth-order valence-corrected chi connectivity index (χ4v) is 5.50. The van der Waals surface area contributed by atoms with E-state index in [9.17, 15) is 33.6 Å². The molecule has 376 valence electrons. The van der Waals surface area contributed by atoms with Crippen molar-refractivity contribution in [3.05, 3.63) is 35.9 Å². The normalized spacial score (nSPS) is 11.7. The molecule has 7 amide bonds. The summed E-state index contributed by atoms with van der Waals surface area (Å²) in [6, 6.07) is 9.06. The van der Waals surface area contributed by atoms with Crippen molar-refractivity contribution in [2.45, 2.75) is 131 Å². The van der Waals surface area contributed by atoms with Crippen LogP contribution in [0.1, 0.15) is 113 Å². The minimum atomic E-state index is -1.40. The highest BCUT2D eigenvalue weighted by molar-refractivity contribution is 5.77. The van der Waals surface area contributed by atoms with Gasteiger partial charge >= 0.3 is 18.3 Å². The first kappa shape index (κ1) is 58.8. The van der Waals surface area contributed by atoms with Crippen LogP contribution in [0.3, 0.4) is 0 Å². The highest BCUT2D eigenvalue weighted by Gasteiger charge is 2.35. The standard InChI is InChI=1S/C46H79N7O13/c1-43(2,3)30-39(57)50-24-13-21-47-36(54)18-27-61-32-46(53-42(60)64-31-35-16-11-10-12-17-35,33-62-28-19-37(55)48-22-14-25-51-40(58)65-44(4,5)6)34-63-29-20-38(56)49-23-15-26-52-41(59)66-45(7,8)9/h10-12,16-17H,13-15,18-34H2,1-9H3,(H,47,54)(H,48,55)(H,49,56)(H,50,57)(H,51,58)(H,52,59)(H,53,60). The van der Waals surface area contributed by atoms with Crippen molar-refractivity contribution >= 4 is 41.9 Å². The first-order chi connectivity index (χ1) is 31.0. The number of nitrogens with one attached hydrogen (secondary N) is 7. The fourth-order valence-electron chi connectivity index (χ4n) is 5.50. The van der Waals surface area contributed by atoms with Gasteiger partial charge in [-0.05, 0) is 71.8 Å². The van der Waals surface area contributed by atoms with E-state index < -0.39 is 35.0 Å². The average molecular weight is 938 g/mol. The van der Waals surface area contributed by atoms with E-state index in [1.165, 1.54) is 0 Å². The van der Waals surface area contributed by atoms with Crippen LogP contribution in [0.5, 0.6) is 0 Å². The molecule has 1 rings (SSSR count). The molecule has 20 nitrogen and oxygen atoms in total. The molecule has 1 aromatic rings. The van der Waals surface area contributed by atoms with Crippen LogP contribution in [0.4, 0.5) is 14.4 Å². The topological polar surface area (TPSA) is 259 Å². The largest absolute Gasteiger partial charge is 0.445 e. The van der Waals surface area contributed by atoms with Gasteiger partial charge in [-0.25, -0.2) is 14.4 Å². The predicted octanol–water partition coefficient (Wildman–Crippen LogP) is 3.99. The van der Waals surface area contributed by atoms with Crippen LogP contribution in [0, 0.1) is 5.41 Å². The van der Waals surface area contributed by atoms with Gasteiger partial charge in [0, 0.05) is 65.0 Å². The Morgan fingerprint density at radius 1 is 0.470 bits per heavy atom. The van der Waals surface area contributed by atoms with Crippen LogP contribution >= 0.6 is 0 Å².